The number of nitrogens with two attached hydrogens (primary N) is 4. The molecule has 0 aromatic heterocycles. The number of carbonyl (C=O) groups is 4. The molecule has 0 aliphatic heterocycles. The third kappa shape index (κ3) is 27.5. The van der Waals surface area contributed by atoms with Gasteiger partial charge < -0.3 is 44.2 Å². The van der Waals surface area contributed by atoms with Crippen molar-refractivity contribution in [1.29, 1.82) is 0 Å². The summed E-state index contributed by atoms with van der Waals surface area (Å²) in [6.07, 6.45) is 17.8. The largest absolute Gasteiger partial charge is 0.370 e. The molecule has 0 rings (SSSR count). The highest BCUT2D eigenvalue weighted by atomic mass is 16.2. The van der Waals surface area contributed by atoms with E-state index in [2.05, 4.69) is 45.1 Å². The van der Waals surface area contributed by atoms with Crippen LogP contribution < -0.4 is 44.2 Å². The van der Waals surface area contributed by atoms with Crippen LogP contribution in [0.5, 0.6) is 0 Å². The maximum atomic E-state index is 13.0. The maximum Gasteiger partial charge on any atom is 0.242 e. The van der Waals surface area contributed by atoms with E-state index in [1.54, 1.807) is 0 Å². The molecular formula is C34H68N10O4. The number of hydrogen-bond donors (Lipinski definition) is 8. The van der Waals surface area contributed by atoms with Gasteiger partial charge in [-0.1, -0.05) is 90.9 Å². The topological polar surface area (TPSA) is 245 Å². The minimum absolute atomic E-state index is 0.0294. The van der Waals surface area contributed by atoms with Gasteiger partial charge in [0, 0.05) is 39.0 Å². The van der Waals surface area contributed by atoms with E-state index >= 15 is 0 Å². The van der Waals surface area contributed by atoms with E-state index in [1.807, 2.05) is 0 Å². The molecule has 0 saturated heterocycles. The van der Waals surface area contributed by atoms with Crippen molar-refractivity contribution in [1.82, 2.24) is 21.3 Å². The SMILES string of the molecule is CCCCCCCCCC(=O)N[C@@H](CCCN=C(N)N)C(=O)NCCNC(=O)[C@H](CCCN=C(N)N)NC(=O)CCCCCCCCC. The van der Waals surface area contributed by atoms with Crippen LogP contribution >= 0.6 is 0 Å². The monoisotopic (exact) mass is 681 g/mol. The van der Waals surface area contributed by atoms with Crippen LogP contribution in [-0.4, -0.2) is 73.8 Å². The summed E-state index contributed by atoms with van der Waals surface area (Å²) < 4.78 is 0. The van der Waals surface area contributed by atoms with Crippen molar-refractivity contribution in [2.45, 2.75) is 154 Å². The summed E-state index contributed by atoms with van der Waals surface area (Å²) in [6.45, 7) is 5.34. The Labute approximate surface area is 289 Å². The normalized spacial score (nSPS) is 12.0. The van der Waals surface area contributed by atoms with Crippen LogP contribution in [0.25, 0.3) is 0 Å². The van der Waals surface area contributed by atoms with E-state index in [1.165, 1.54) is 51.4 Å². The first-order chi connectivity index (χ1) is 23.1. The fourth-order valence-electron chi connectivity index (χ4n) is 5.18. The minimum atomic E-state index is -0.749. The summed E-state index contributed by atoms with van der Waals surface area (Å²) in [6, 6.07) is -1.50. The fraction of sp³-hybridized carbons (Fsp3) is 0.824. The fourth-order valence-corrected chi connectivity index (χ4v) is 5.18. The Morgan fingerprint density at radius 2 is 0.833 bits per heavy atom. The number of amides is 4. The predicted octanol–water partition coefficient (Wildman–Crippen LogP) is 2.58. The lowest BCUT2D eigenvalue weighted by Gasteiger charge is -2.20. The Balaban J connectivity index is 4.88. The van der Waals surface area contributed by atoms with Gasteiger partial charge in [0.05, 0.1) is 0 Å². The average molecular weight is 681 g/mol. The summed E-state index contributed by atoms with van der Waals surface area (Å²) in [5, 5.41) is 11.3. The summed E-state index contributed by atoms with van der Waals surface area (Å²) in [7, 11) is 0. The zero-order chi connectivity index (χ0) is 35.8. The van der Waals surface area contributed by atoms with Crippen LogP contribution in [0.3, 0.4) is 0 Å². The molecule has 0 bridgehead atoms. The molecule has 0 saturated carbocycles. The highest BCUT2D eigenvalue weighted by Crippen LogP contribution is 2.10. The minimum Gasteiger partial charge on any atom is -0.370 e. The quantitative estimate of drug-likeness (QED) is 0.0306. The van der Waals surface area contributed by atoms with Crippen molar-refractivity contribution in [3.8, 4) is 0 Å². The molecule has 14 nitrogen and oxygen atoms in total. The van der Waals surface area contributed by atoms with Crippen LogP contribution in [0.2, 0.25) is 0 Å². The predicted molar refractivity (Wildman–Crippen MR) is 195 cm³/mol. The van der Waals surface area contributed by atoms with Crippen molar-refractivity contribution in [3.63, 3.8) is 0 Å². The van der Waals surface area contributed by atoms with Crippen molar-refractivity contribution in [3.05, 3.63) is 0 Å². The second kappa shape index (κ2) is 30.7. The molecule has 2 atom stereocenters. The Bertz CT molecular complexity index is 863. The summed E-state index contributed by atoms with van der Waals surface area (Å²) in [5.41, 5.74) is 21.6. The number of nitrogens with one attached hydrogen (secondary N) is 4. The van der Waals surface area contributed by atoms with Gasteiger partial charge in [-0.15, -0.1) is 0 Å². The zero-order valence-electron chi connectivity index (χ0n) is 30.0. The van der Waals surface area contributed by atoms with Crippen molar-refractivity contribution < 1.29 is 19.2 Å². The van der Waals surface area contributed by atoms with Crippen LogP contribution in [0.1, 0.15) is 142 Å². The number of aliphatic imine (C=N–C) groups is 2. The zero-order valence-corrected chi connectivity index (χ0v) is 30.0. The van der Waals surface area contributed by atoms with Gasteiger partial charge >= 0.3 is 0 Å². The lowest BCUT2D eigenvalue weighted by Crippen LogP contribution is -2.50. The summed E-state index contributed by atoms with van der Waals surface area (Å²) in [4.78, 5) is 59.2. The second-order valence-electron chi connectivity index (χ2n) is 12.5. The molecule has 0 fully saturated rings. The van der Waals surface area contributed by atoms with E-state index < -0.39 is 12.1 Å². The van der Waals surface area contributed by atoms with Crippen LogP contribution in [0.15, 0.2) is 9.98 Å². The molecule has 4 amide bonds. The molecule has 48 heavy (non-hydrogen) atoms. The third-order valence-electron chi connectivity index (χ3n) is 7.93. The van der Waals surface area contributed by atoms with Gasteiger partial charge in [0.2, 0.25) is 23.6 Å². The lowest BCUT2D eigenvalue weighted by molar-refractivity contribution is -0.129. The Morgan fingerprint density at radius 3 is 1.17 bits per heavy atom. The molecule has 0 heterocycles. The van der Waals surface area contributed by atoms with E-state index in [0.717, 1.165) is 38.5 Å². The summed E-state index contributed by atoms with van der Waals surface area (Å²) in [5.74, 6) is -1.10. The molecule has 0 spiro atoms. The molecule has 0 aliphatic rings. The molecule has 14 heteroatoms. The number of nitrogens with zero attached hydrogens (tertiary/aromatic N) is 2. The van der Waals surface area contributed by atoms with Gasteiger partial charge in [-0.2, -0.15) is 0 Å². The molecule has 0 aromatic carbocycles. The van der Waals surface area contributed by atoms with E-state index in [9.17, 15) is 19.2 Å². The Hall–Kier alpha value is -3.58. The average Bonchev–Trinajstić information content (AvgIpc) is 3.04. The number of rotatable bonds is 31. The van der Waals surface area contributed by atoms with E-state index in [0.29, 0.717) is 51.6 Å². The summed E-state index contributed by atoms with van der Waals surface area (Å²) >= 11 is 0. The highest BCUT2D eigenvalue weighted by Gasteiger charge is 2.22. The van der Waals surface area contributed by atoms with Gasteiger partial charge in [-0.3, -0.25) is 29.2 Å². The third-order valence-corrected chi connectivity index (χ3v) is 7.93. The van der Waals surface area contributed by atoms with Crippen LogP contribution in [0.4, 0.5) is 0 Å². The molecule has 278 valence electrons. The van der Waals surface area contributed by atoms with Crippen LogP contribution in [0, 0.1) is 0 Å². The lowest BCUT2D eigenvalue weighted by atomic mass is 10.1. The van der Waals surface area contributed by atoms with Crippen molar-refractivity contribution in [2.24, 2.45) is 32.9 Å². The van der Waals surface area contributed by atoms with Gasteiger partial charge in [-0.05, 0) is 38.5 Å². The molecule has 12 N–H and O–H groups in total. The molecule has 0 unspecified atom stereocenters. The number of hydrogen-bond acceptors (Lipinski definition) is 6. The standard InChI is InChI=1S/C34H68N10O4/c1-3-5-7-9-11-13-15-21-29(45)43-27(19-17-23-41-33(35)36)31(47)39-25-26-40-32(48)28(20-18-24-42-34(37)38)44-30(46)22-16-14-12-10-8-6-4-2/h27-28H,3-26H2,1-2H3,(H,39,47)(H,40,48)(H,43,45)(H,44,46)(H4,35,36,41)(H4,37,38,42)/t27-,28-/m0/s1. The first-order valence-electron chi connectivity index (χ1n) is 18.4. The first-order valence-corrected chi connectivity index (χ1v) is 18.4. The molecule has 0 aliphatic carbocycles. The Morgan fingerprint density at radius 1 is 0.500 bits per heavy atom. The Kier molecular flexibility index (Phi) is 28.4. The van der Waals surface area contributed by atoms with Gasteiger partial charge in [0.25, 0.3) is 0 Å². The van der Waals surface area contributed by atoms with Crippen LogP contribution in [-0.2, 0) is 19.2 Å². The number of carbonyl (C=O) groups excluding carboxylic acids is 4. The molecule has 0 aromatic rings. The molecule has 0 radical (unpaired) electrons. The van der Waals surface area contributed by atoms with Gasteiger partial charge in [0.1, 0.15) is 12.1 Å². The smallest absolute Gasteiger partial charge is 0.242 e. The maximum absolute atomic E-state index is 13.0. The van der Waals surface area contributed by atoms with E-state index in [4.69, 9.17) is 22.9 Å². The second-order valence-corrected chi connectivity index (χ2v) is 12.5. The number of unbranched alkanes of at least 4 members (excludes halogenated alkanes) is 12. The number of guanidine groups is 2. The first kappa shape index (κ1) is 44.4. The molecular weight excluding hydrogens is 612 g/mol. The van der Waals surface area contributed by atoms with Gasteiger partial charge in [-0.25, -0.2) is 0 Å². The van der Waals surface area contributed by atoms with Crippen molar-refractivity contribution >= 4 is 35.5 Å². The van der Waals surface area contributed by atoms with Crippen molar-refractivity contribution in [2.75, 3.05) is 26.2 Å². The highest BCUT2D eigenvalue weighted by molar-refractivity contribution is 5.88. The van der Waals surface area contributed by atoms with E-state index in [-0.39, 0.29) is 48.6 Å². The van der Waals surface area contributed by atoms with Gasteiger partial charge in [0.15, 0.2) is 11.9 Å².